The van der Waals surface area contributed by atoms with E-state index in [9.17, 15) is 9.18 Å². The van der Waals surface area contributed by atoms with E-state index in [1.54, 1.807) is 0 Å². The van der Waals surface area contributed by atoms with Gasteiger partial charge in [0.1, 0.15) is 11.6 Å². The first kappa shape index (κ1) is 14.8. The van der Waals surface area contributed by atoms with Crippen LogP contribution in [0.5, 0.6) is 5.75 Å². The zero-order valence-corrected chi connectivity index (χ0v) is 12.3. The van der Waals surface area contributed by atoms with E-state index in [2.05, 4.69) is 10.9 Å². The highest BCUT2D eigenvalue weighted by Gasteiger charge is 2.03. The molecule has 0 atom stereocenters. The van der Waals surface area contributed by atoms with Crippen LogP contribution < -0.4 is 15.6 Å². The summed E-state index contributed by atoms with van der Waals surface area (Å²) in [6, 6.07) is 19.2. The molecule has 0 heterocycles. The van der Waals surface area contributed by atoms with Crippen molar-refractivity contribution in [3.8, 4) is 5.75 Å². The van der Waals surface area contributed by atoms with Crippen molar-refractivity contribution in [2.45, 2.75) is 0 Å². The zero-order chi connectivity index (χ0) is 16.1. The second kappa shape index (κ2) is 6.79. The van der Waals surface area contributed by atoms with Crippen molar-refractivity contribution in [3.05, 3.63) is 72.5 Å². The second-order valence-electron chi connectivity index (χ2n) is 4.98. The third-order valence-electron chi connectivity index (χ3n) is 3.28. The van der Waals surface area contributed by atoms with Gasteiger partial charge in [-0.1, -0.05) is 30.3 Å². The van der Waals surface area contributed by atoms with Crippen LogP contribution >= 0.6 is 0 Å². The molecular weight excluding hydrogens is 295 g/mol. The molecule has 0 fully saturated rings. The molecule has 116 valence electrons. The maximum absolute atomic E-state index is 12.8. The fourth-order valence-electron chi connectivity index (χ4n) is 2.12. The van der Waals surface area contributed by atoms with Crippen LogP contribution in [0.1, 0.15) is 0 Å². The molecule has 3 aromatic carbocycles. The molecule has 0 aliphatic carbocycles. The van der Waals surface area contributed by atoms with Crippen LogP contribution in [0.25, 0.3) is 10.8 Å². The number of fused-ring (bicyclic) bond motifs is 1. The topological polar surface area (TPSA) is 50.4 Å². The number of amides is 1. The van der Waals surface area contributed by atoms with Crippen molar-refractivity contribution in [1.82, 2.24) is 5.43 Å². The summed E-state index contributed by atoms with van der Waals surface area (Å²) in [5.74, 6) is -0.0374. The minimum absolute atomic E-state index is 0.119. The van der Waals surface area contributed by atoms with E-state index in [0.29, 0.717) is 11.4 Å². The molecule has 0 aliphatic heterocycles. The Kier molecular flexibility index (Phi) is 4.38. The summed E-state index contributed by atoms with van der Waals surface area (Å²) in [6.07, 6.45) is 0. The summed E-state index contributed by atoms with van der Waals surface area (Å²) in [5.41, 5.74) is 5.77. The lowest BCUT2D eigenvalue weighted by molar-refractivity contribution is -0.122. The minimum Gasteiger partial charge on any atom is -0.484 e. The van der Waals surface area contributed by atoms with Gasteiger partial charge in [-0.25, -0.2) is 4.39 Å². The molecule has 3 rings (SSSR count). The van der Waals surface area contributed by atoms with Crippen LogP contribution in [0.2, 0.25) is 0 Å². The first-order valence-corrected chi connectivity index (χ1v) is 7.13. The Morgan fingerprint density at radius 3 is 2.48 bits per heavy atom. The summed E-state index contributed by atoms with van der Waals surface area (Å²) in [4.78, 5) is 11.7. The predicted molar refractivity (Wildman–Crippen MR) is 87.6 cm³/mol. The molecule has 0 saturated carbocycles. The largest absolute Gasteiger partial charge is 0.484 e. The van der Waals surface area contributed by atoms with Crippen LogP contribution in [-0.2, 0) is 4.79 Å². The molecule has 5 heteroatoms. The van der Waals surface area contributed by atoms with Crippen molar-refractivity contribution in [2.24, 2.45) is 0 Å². The van der Waals surface area contributed by atoms with Crippen LogP contribution in [0.3, 0.4) is 0 Å². The Bertz CT molecular complexity index is 819. The maximum Gasteiger partial charge on any atom is 0.276 e. The number of benzene rings is 3. The van der Waals surface area contributed by atoms with E-state index in [-0.39, 0.29) is 18.3 Å². The van der Waals surface area contributed by atoms with Gasteiger partial charge in [0.05, 0.1) is 5.69 Å². The van der Waals surface area contributed by atoms with Gasteiger partial charge in [0, 0.05) is 0 Å². The minimum atomic E-state index is -0.332. The summed E-state index contributed by atoms with van der Waals surface area (Å²) in [6.45, 7) is -0.119. The average molecular weight is 310 g/mol. The highest BCUT2D eigenvalue weighted by Crippen LogP contribution is 2.20. The highest BCUT2D eigenvalue weighted by molar-refractivity contribution is 5.84. The predicted octanol–water partition coefficient (Wildman–Crippen LogP) is 3.50. The SMILES string of the molecule is O=C(COc1ccc2ccccc2c1)NNc1ccc(F)cc1. The van der Waals surface area contributed by atoms with Crippen LogP contribution in [0.4, 0.5) is 10.1 Å². The Labute approximate surface area is 132 Å². The molecule has 0 spiro atoms. The summed E-state index contributed by atoms with van der Waals surface area (Å²) in [7, 11) is 0. The Hall–Kier alpha value is -3.08. The maximum atomic E-state index is 12.8. The fourth-order valence-corrected chi connectivity index (χ4v) is 2.12. The number of halogens is 1. The lowest BCUT2D eigenvalue weighted by Gasteiger charge is -2.10. The molecule has 2 N–H and O–H groups in total. The normalized spacial score (nSPS) is 10.3. The molecule has 0 aromatic heterocycles. The molecule has 0 radical (unpaired) electrons. The number of carbonyl (C=O) groups excluding carboxylic acids is 1. The number of anilines is 1. The first-order valence-electron chi connectivity index (χ1n) is 7.13. The van der Waals surface area contributed by atoms with Gasteiger partial charge in [-0.3, -0.25) is 15.6 Å². The third kappa shape index (κ3) is 3.97. The number of rotatable bonds is 5. The van der Waals surface area contributed by atoms with E-state index in [4.69, 9.17) is 4.74 Å². The first-order chi connectivity index (χ1) is 11.2. The van der Waals surface area contributed by atoms with E-state index in [1.165, 1.54) is 24.3 Å². The smallest absolute Gasteiger partial charge is 0.276 e. The summed E-state index contributed by atoms with van der Waals surface area (Å²) >= 11 is 0. The highest BCUT2D eigenvalue weighted by atomic mass is 19.1. The molecule has 0 bridgehead atoms. The summed E-state index contributed by atoms with van der Waals surface area (Å²) in [5, 5.41) is 2.16. The van der Waals surface area contributed by atoms with Crippen molar-refractivity contribution < 1.29 is 13.9 Å². The molecule has 0 aliphatic rings. The molecule has 0 unspecified atom stereocenters. The van der Waals surface area contributed by atoms with Crippen molar-refractivity contribution >= 4 is 22.4 Å². The summed E-state index contributed by atoms with van der Waals surface area (Å²) < 4.78 is 18.2. The Morgan fingerprint density at radius 2 is 1.70 bits per heavy atom. The monoisotopic (exact) mass is 310 g/mol. The van der Waals surface area contributed by atoms with Gasteiger partial charge >= 0.3 is 0 Å². The standard InChI is InChI=1S/C18H15FN2O2/c19-15-6-8-16(9-7-15)20-21-18(22)12-23-17-10-5-13-3-1-2-4-14(13)11-17/h1-11,20H,12H2,(H,21,22). The molecular formula is C18H15FN2O2. The molecule has 3 aromatic rings. The number of hydrogen-bond donors (Lipinski definition) is 2. The van der Waals surface area contributed by atoms with Gasteiger partial charge in [0.25, 0.3) is 5.91 Å². The lowest BCUT2D eigenvalue weighted by atomic mass is 10.1. The number of hydrazine groups is 1. The number of nitrogens with one attached hydrogen (secondary N) is 2. The zero-order valence-electron chi connectivity index (χ0n) is 12.3. The van der Waals surface area contributed by atoms with Crippen molar-refractivity contribution in [3.63, 3.8) is 0 Å². The quantitative estimate of drug-likeness (QED) is 0.709. The van der Waals surface area contributed by atoms with E-state index in [1.807, 2.05) is 42.5 Å². The molecule has 1 amide bonds. The van der Waals surface area contributed by atoms with Crippen molar-refractivity contribution in [1.29, 1.82) is 0 Å². The van der Waals surface area contributed by atoms with Crippen molar-refractivity contribution in [2.75, 3.05) is 12.0 Å². The molecule has 0 saturated heterocycles. The molecule has 4 nitrogen and oxygen atoms in total. The van der Waals surface area contributed by atoms with Gasteiger partial charge in [-0.15, -0.1) is 0 Å². The van der Waals surface area contributed by atoms with Crippen LogP contribution in [0.15, 0.2) is 66.7 Å². The van der Waals surface area contributed by atoms with Gasteiger partial charge in [-0.05, 0) is 47.2 Å². The Morgan fingerprint density at radius 1 is 0.957 bits per heavy atom. The third-order valence-corrected chi connectivity index (χ3v) is 3.28. The van der Waals surface area contributed by atoms with Crippen LogP contribution in [0, 0.1) is 5.82 Å². The van der Waals surface area contributed by atoms with Gasteiger partial charge < -0.3 is 4.74 Å². The van der Waals surface area contributed by atoms with E-state index in [0.717, 1.165) is 10.8 Å². The number of carbonyl (C=O) groups is 1. The molecule has 23 heavy (non-hydrogen) atoms. The van der Waals surface area contributed by atoms with Crippen LogP contribution in [-0.4, -0.2) is 12.5 Å². The van der Waals surface area contributed by atoms with Gasteiger partial charge in [0.2, 0.25) is 0 Å². The second-order valence-corrected chi connectivity index (χ2v) is 4.98. The lowest BCUT2D eigenvalue weighted by Crippen LogP contribution is -2.33. The van der Waals surface area contributed by atoms with Gasteiger partial charge in [-0.2, -0.15) is 0 Å². The Balaban J connectivity index is 1.52. The fraction of sp³-hybridized carbons (Fsp3) is 0.0556. The number of ether oxygens (including phenoxy) is 1. The van der Waals surface area contributed by atoms with Gasteiger partial charge in [0.15, 0.2) is 6.61 Å². The van der Waals surface area contributed by atoms with E-state index < -0.39 is 0 Å². The number of hydrogen-bond acceptors (Lipinski definition) is 3. The average Bonchev–Trinajstić information content (AvgIpc) is 2.59. The van der Waals surface area contributed by atoms with E-state index >= 15 is 0 Å².